The molecule has 0 aliphatic heterocycles. The van der Waals surface area contributed by atoms with Crippen LogP contribution in [0.15, 0.2) is 79.1 Å². The van der Waals surface area contributed by atoms with Crippen LogP contribution >= 0.6 is 12.4 Å². The smallest absolute Gasteiger partial charge is 0.361 e. The van der Waals surface area contributed by atoms with E-state index in [1.807, 2.05) is 42.7 Å². The first kappa shape index (κ1) is 22.0. The van der Waals surface area contributed by atoms with Crippen molar-refractivity contribution < 1.29 is 17.6 Å². The number of hydrogen-bond donors (Lipinski definition) is 1. The van der Waals surface area contributed by atoms with E-state index in [1.165, 1.54) is 18.2 Å². The molecule has 7 heteroatoms. The zero-order valence-corrected chi connectivity index (χ0v) is 17.7. The number of para-hydroxylation sites is 2. The minimum atomic E-state index is -4.41. The molecule has 32 heavy (non-hydrogen) atoms. The van der Waals surface area contributed by atoms with Crippen molar-refractivity contribution in [2.75, 3.05) is 0 Å². The van der Waals surface area contributed by atoms with Gasteiger partial charge in [-0.1, -0.05) is 42.5 Å². The standard InChI is InChI=1S/C25H17F4N2.ClH/c1-31-14-20(18-6-4-7-21(26)24(18)31)23(15-9-11-16(12-10-15)25(27,28)29)19-13-30-22-8-3-2-5-17(19)22;/h2-14,30H,1H3;1H. The molecule has 0 aliphatic carbocycles. The van der Waals surface area contributed by atoms with Crippen molar-refractivity contribution in [1.82, 2.24) is 9.55 Å². The third-order valence-electron chi connectivity index (χ3n) is 5.58. The Labute approximate surface area is 187 Å². The van der Waals surface area contributed by atoms with E-state index < -0.39 is 11.7 Å². The van der Waals surface area contributed by atoms with Crippen LogP contribution in [0.3, 0.4) is 0 Å². The van der Waals surface area contributed by atoms with Crippen LogP contribution in [-0.4, -0.2) is 9.55 Å². The number of aromatic nitrogens is 2. The lowest BCUT2D eigenvalue weighted by Crippen LogP contribution is -2.07. The minimum Gasteiger partial charge on any atom is -0.361 e. The van der Waals surface area contributed by atoms with Gasteiger partial charge in [0.15, 0.2) is 0 Å². The Morgan fingerprint density at radius 1 is 0.844 bits per heavy atom. The lowest BCUT2D eigenvalue weighted by atomic mass is 9.84. The Hall–Kier alpha value is -3.25. The van der Waals surface area contributed by atoms with E-state index in [4.69, 9.17) is 0 Å². The second kappa shape index (κ2) is 8.02. The van der Waals surface area contributed by atoms with E-state index in [1.54, 1.807) is 17.7 Å². The van der Waals surface area contributed by atoms with Crippen molar-refractivity contribution in [2.45, 2.75) is 6.18 Å². The highest BCUT2D eigenvalue weighted by Gasteiger charge is 2.31. The summed E-state index contributed by atoms with van der Waals surface area (Å²) in [6.07, 6.45) is -0.750. The molecule has 2 heterocycles. The number of benzene rings is 3. The lowest BCUT2D eigenvalue weighted by molar-refractivity contribution is -0.137. The van der Waals surface area contributed by atoms with Gasteiger partial charge < -0.3 is 9.55 Å². The summed E-state index contributed by atoms with van der Waals surface area (Å²) in [5, 5.41) is 1.63. The summed E-state index contributed by atoms with van der Waals surface area (Å²) < 4.78 is 55.6. The summed E-state index contributed by atoms with van der Waals surface area (Å²) >= 11 is 0. The van der Waals surface area contributed by atoms with Crippen LogP contribution < -0.4 is 0 Å². The van der Waals surface area contributed by atoms with Gasteiger partial charge in [-0.15, -0.1) is 12.4 Å². The molecule has 0 aliphatic rings. The summed E-state index contributed by atoms with van der Waals surface area (Å²) in [6.45, 7) is 0. The first-order valence-electron chi connectivity index (χ1n) is 9.69. The van der Waals surface area contributed by atoms with E-state index in [-0.39, 0.29) is 18.2 Å². The molecule has 0 atom stereocenters. The second-order valence-electron chi connectivity index (χ2n) is 7.49. The van der Waals surface area contributed by atoms with Crippen molar-refractivity contribution in [3.05, 3.63) is 113 Å². The number of alkyl halides is 3. The zero-order valence-electron chi connectivity index (χ0n) is 16.9. The largest absolute Gasteiger partial charge is 0.416 e. The maximum atomic E-state index is 14.5. The monoisotopic (exact) mass is 457 g/mol. The molecular weight excluding hydrogens is 440 g/mol. The normalized spacial score (nSPS) is 11.9. The molecule has 3 aromatic carbocycles. The molecule has 0 saturated heterocycles. The predicted molar refractivity (Wildman–Crippen MR) is 120 cm³/mol. The summed E-state index contributed by atoms with van der Waals surface area (Å²) in [4.78, 5) is 3.23. The number of nitrogens with one attached hydrogen (secondary N) is 1. The van der Waals surface area contributed by atoms with E-state index >= 15 is 0 Å². The van der Waals surface area contributed by atoms with E-state index in [9.17, 15) is 17.6 Å². The quantitative estimate of drug-likeness (QED) is 0.275. The van der Waals surface area contributed by atoms with Crippen molar-refractivity contribution in [1.29, 1.82) is 0 Å². The molecule has 5 rings (SSSR count). The minimum absolute atomic E-state index is 0. The van der Waals surface area contributed by atoms with Gasteiger partial charge in [0.2, 0.25) is 0 Å². The molecule has 1 N–H and O–H groups in total. The highest BCUT2D eigenvalue weighted by molar-refractivity contribution is 5.93. The molecule has 5 aromatic rings. The Kier molecular flexibility index (Phi) is 5.51. The average Bonchev–Trinajstić information content (AvgIpc) is 3.31. The van der Waals surface area contributed by atoms with Gasteiger partial charge in [-0.2, -0.15) is 13.2 Å². The van der Waals surface area contributed by atoms with E-state index in [0.717, 1.165) is 40.1 Å². The molecule has 0 fully saturated rings. The summed E-state index contributed by atoms with van der Waals surface area (Å²) in [6, 6.07) is 17.7. The molecule has 0 bridgehead atoms. The maximum absolute atomic E-state index is 14.5. The molecule has 2 nitrogen and oxygen atoms in total. The third-order valence-corrected chi connectivity index (χ3v) is 5.58. The van der Waals surface area contributed by atoms with Gasteiger partial charge in [0, 0.05) is 35.7 Å². The van der Waals surface area contributed by atoms with Gasteiger partial charge >= 0.3 is 6.18 Å². The van der Waals surface area contributed by atoms with E-state index in [2.05, 4.69) is 4.98 Å². The van der Waals surface area contributed by atoms with Crippen molar-refractivity contribution in [3.8, 4) is 0 Å². The SMILES string of the molecule is Cl.Cn1cc([C](c2ccc(C(F)(F)F)cc2)c2c[nH]c3ccccc23)c2cccc(F)c21. The molecule has 0 unspecified atom stereocenters. The van der Waals surface area contributed by atoms with Crippen LogP contribution in [0, 0.1) is 11.7 Å². The number of aromatic amines is 1. The van der Waals surface area contributed by atoms with Crippen LogP contribution in [0.25, 0.3) is 21.8 Å². The first-order valence-corrected chi connectivity index (χ1v) is 9.69. The summed E-state index contributed by atoms with van der Waals surface area (Å²) in [7, 11) is 1.76. The number of hydrogen-bond acceptors (Lipinski definition) is 0. The fourth-order valence-corrected chi connectivity index (χ4v) is 4.18. The third kappa shape index (κ3) is 3.54. The summed E-state index contributed by atoms with van der Waals surface area (Å²) in [5.74, 6) is 0.388. The van der Waals surface area contributed by atoms with Crippen molar-refractivity contribution in [2.24, 2.45) is 7.05 Å². The van der Waals surface area contributed by atoms with Gasteiger partial charge in [0.25, 0.3) is 0 Å². The van der Waals surface area contributed by atoms with Crippen LogP contribution in [0.2, 0.25) is 0 Å². The second-order valence-corrected chi connectivity index (χ2v) is 7.49. The average molecular weight is 458 g/mol. The highest BCUT2D eigenvalue weighted by atomic mass is 35.5. The van der Waals surface area contributed by atoms with Gasteiger partial charge in [-0.25, -0.2) is 4.39 Å². The topological polar surface area (TPSA) is 20.7 Å². The molecule has 0 amide bonds. The highest BCUT2D eigenvalue weighted by Crippen LogP contribution is 2.40. The number of halogens is 5. The Balaban J connectivity index is 0.00000245. The molecular formula is C25H18ClF4N2. The molecule has 0 saturated carbocycles. The predicted octanol–water partition coefficient (Wildman–Crippen LogP) is 7.26. The fraction of sp³-hybridized carbons (Fsp3) is 0.0800. The van der Waals surface area contributed by atoms with Crippen LogP contribution in [-0.2, 0) is 13.2 Å². The Bertz CT molecular complexity index is 1400. The van der Waals surface area contributed by atoms with Crippen molar-refractivity contribution >= 4 is 34.2 Å². The first-order chi connectivity index (χ1) is 14.8. The molecule has 0 spiro atoms. The number of nitrogens with zero attached hydrogens (tertiary/aromatic N) is 1. The maximum Gasteiger partial charge on any atom is 0.416 e. The number of aryl methyl sites for hydroxylation is 1. The fourth-order valence-electron chi connectivity index (χ4n) is 4.18. The Morgan fingerprint density at radius 2 is 1.53 bits per heavy atom. The van der Waals surface area contributed by atoms with Gasteiger partial charge in [-0.05, 0) is 41.0 Å². The summed E-state index contributed by atoms with van der Waals surface area (Å²) in [5.41, 5.74) is 2.86. The van der Waals surface area contributed by atoms with Crippen LogP contribution in [0.5, 0.6) is 0 Å². The number of rotatable bonds is 3. The zero-order chi connectivity index (χ0) is 21.8. The lowest BCUT2D eigenvalue weighted by Gasteiger charge is -2.17. The van der Waals surface area contributed by atoms with Gasteiger partial charge in [0.05, 0.1) is 17.0 Å². The van der Waals surface area contributed by atoms with Crippen molar-refractivity contribution in [3.63, 3.8) is 0 Å². The van der Waals surface area contributed by atoms with Gasteiger partial charge in [0.1, 0.15) is 5.82 Å². The molecule has 163 valence electrons. The number of H-pyrrole nitrogens is 1. The number of fused-ring (bicyclic) bond motifs is 2. The Morgan fingerprint density at radius 3 is 2.25 bits per heavy atom. The van der Waals surface area contributed by atoms with E-state index in [0.29, 0.717) is 16.5 Å². The van der Waals surface area contributed by atoms with Gasteiger partial charge in [-0.3, -0.25) is 0 Å². The molecule has 2 aromatic heterocycles. The van der Waals surface area contributed by atoms with Crippen LogP contribution in [0.1, 0.15) is 22.3 Å². The molecule has 1 radical (unpaired) electrons. The van der Waals surface area contributed by atoms with Crippen LogP contribution in [0.4, 0.5) is 17.6 Å².